The summed E-state index contributed by atoms with van der Waals surface area (Å²) in [7, 11) is 0. The molecule has 1 amide bonds. The zero-order valence-electron chi connectivity index (χ0n) is 14.9. The van der Waals surface area contributed by atoms with Gasteiger partial charge in [0.2, 0.25) is 6.10 Å². The maximum absolute atomic E-state index is 13.6. The first kappa shape index (κ1) is 17.9. The van der Waals surface area contributed by atoms with Gasteiger partial charge in [-0.25, -0.2) is 8.78 Å². The maximum atomic E-state index is 13.6. The molecule has 27 heavy (non-hydrogen) atoms. The lowest BCUT2D eigenvalue weighted by atomic mass is 10.1. The van der Waals surface area contributed by atoms with Gasteiger partial charge < -0.3 is 15.0 Å². The van der Waals surface area contributed by atoms with E-state index in [1.165, 1.54) is 6.07 Å². The number of carbonyl (C=O) groups is 1. The summed E-state index contributed by atoms with van der Waals surface area (Å²) < 4.78 is 32.7. The highest BCUT2D eigenvalue weighted by Crippen LogP contribution is 2.28. The number of nitrogens with one attached hydrogen (secondary N) is 1. The third-order valence-electron chi connectivity index (χ3n) is 5.31. The molecule has 2 aromatic carbocycles. The van der Waals surface area contributed by atoms with E-state index >= 15 is 0 Å². The SMILES string of the molecule is O=C(C(Oc1ccc(F)c(F)c1)c1ccccc1)N1CCC2CCC(C1)N2. The summed E-state index contributed by atoms with van der Waals surface area (Å²) in [6, 6.07) is 13.2. The number of likely N-dealkylation sites (tertiary alicyclic amines) is 1. The van der Waals surface area contributed by atoms with Gasteiger partial charge in [-0.1, -0.05) is 30.3 Å². The van der Waals surface area contributed by atoms with E-state index in [1.54, 1.807) is 0 Å². The highest BCUT2D eigenvalue weighted by atomic mass is 19.2. The maximum Gasteiger partial charge on any atom is 0.268 e. The second-order valence-electron chi connectivity index (χ2n) is 7.20. The summed E-state index contributed by atoms with van der Waals surface area (Å²) in [4.78, 5) is 15.1. The second kappa shape index (κ2) is 7.64. The molecule has 3 unspecified atom stereocenters. The summed E-state index contributed by atoms with van der Waals surface area (Å²) in [5, 5.41) is 3.55. The lowest BCUT2D eigenvalue weighted by Crippen LogP contribution is -2.42. The van der Waals surface area contributed by atoms with Gasteiger partial charge in [-0.05, 0) is 31.4 Å². The number of hydrogen-bond donors (Lipinski definition) is 1. The fourth-order valence-electron chi connectivity index (χ4n) is 3.88. The van der Waals surface area contributed by atoms with Crippen molar-refractivity contribution in [2.24, 2.45) is 0 Å². The number of rotatable bonds is 4. The molecule has 6 heteroatoms. The van der Waals surface area contributed by atoms with Crippen LogP contribution in [0.25, 0.3) is 0 Å². The van der Waals surface area contributed by atoms with E-state index in [4.69, 9.17) is 4.74 Å². The molecule has 2 bridgehead atoms. The smallest absolute Gasteiger partial charge is 0.268 e. The van der Waals surface area contributed by atoms with Crippen LogP contribution in [0.2, 0.25) is 0 Å². The number of carbonyl (C=O) groups excluding carboxylic acids is 1. The lowest BCUT2D eigenvalue weighted by Gasteiger charge is -2.29. The summed E-state index contributed by atoms with van der Waals surface area (Å²) in [5.74, 6) is -1.96. The average Bonchev–Trinajstić information content (AvgIpc) is 3.01. The van der Waals surface area contributed by atoms with Gasteiger partial charge in [-0.2, -0.15) is 0 Å². The normalized spacial score (nSPS) is 23.0. The molecule has 2 aromatic rings. The molecule has 0 saturated carbocycles. The van der Waals surface area contributed by atoms with Gasteiger partial charge in [-0.3, -0.25) is 4.79 Å². The van der Waals surface area contributed by atoms with Crippen molar-refractivity contribution >= 4 is 5.91 Å². The Labute approximate surface area is 157 Å². The molecule has 4 nitrogen and oxygen atoms in total. The third-order valence-corrected chi connectivity index (χ3v) is 5.31. The van der Waals surface area contributed by atoms with Crippen LogP contribution >= 0.6 is 0 Å². The Bertz CT molecular complexity index is 815. The van der Waals surface area contributed by atoms with Crippen molar-refractivity contribution in [3.8, 4) is 5.75 Å². The summed E-state index contributed by atoms with van der Waals surface area (Å²) in [5.41, 5.74) is 0.689. The fourth-order valence-corrected chi connectivity index (χ4v) is 3.88. The van der Waals surface area contributed by atoms with E-state index < -0.39 is 17.7 Å². The minimum Gasteiger partial charge on any atom is -0.476 e. The second-order valence-corrected chi connectivity index (χ2v) is 7.20. The van der Waals surface area contributed by atoms with Crippen LogP contribution in [0.1, 0.15) is 30.9 Å². The minimum absolute atomic E-state index is 0.130. The van der Waals surface area contributed by atoms with Crippen molar-refractivity contribution in [1.82, 2.24) is 10.2 Å². The molecule has 0 aliphatic carbocycles. The van der Waals surface area contributed by atoms with Crippen LogP contribution in [-0.2, 0) is 4.79 Å². The molecule has 0 aromatic heterocycles. The number of fused-ring (bicyclic) bond motifs is 2. The Kier molecular flexibility index (Phi) is 5.07. The number of nitrogens with zero attached hydrogens (tertiary/aromatic N) is 1. The largest absolute Gasteiger partial charge is 0.476 e. The minimum atomic E-state index is -0.997. The van der Waals surface area contributed by atoms with Crippen molar-refractivity contribution in [3.63, 3.8) is 0 Å². The number of amides is 1. The highest BCUT2D eigenvalue weighted by Gasteiger charge is 2.35. The van der Waals surface area contributed by atoms with Crippen molar-refractivity contribution in [2.75, 3.05) is 13.1 Å². The Hall–Kier alpha value is -2.47. The molecule has 0 radical (unpaired) electrons. The topological polar surface area (TPSA) is 41.6 Å². The Morgan fingerprint density at radius 3 is 2.59 bits per heavy atom. The molecule has 2 fully saturated rings. The van der Waals surface area contributed by atoms with Gasteiger partial charge in [0.05, 0.1) is 0 Å². The highest BCUT2D eigenvalue weighted by molar-refractivity contribution is 5.83. The van der Waals surface area contributed by atoms with Gasteiger partial charge in [-0.15, -0.1) is 0 Å². The third kappa shape index (κ3) is 3.95. The first-order valence-corrected chi connectivity index (χ1v) is 9.31. The summed E-state index contributed by atoms with van der Waals surface area (Å²) in [6.07, 6.45) is 2.23. The molecule has 4 rings (SSSR count). The molecule has 142 valence electrons. The molecule has 1 N–H and O–H groups in total. The Balaban J connectivity index is 1.59. The standard InChI is InChI=1S/C21H22F2N2O2/c22-18-9-8-17(12-19(18)23)27-20(14-4-2-1-3-5-14)21(26)25-11-10-15-6-7-16(13-25)24-15/h1-5,8-9,12,15-16,20,24H,6-7,10-11,13H2. The van der Waals surface area contributed by atoms with Crippen molar-refractivity contribution < 1.29 is 18.3 Å². The molecule has 0 spiro atoms. The molecule has 2 aliphatic rings. The molecule has 2 saturated heterocycles. The van der Waals surface area contributed by atoms with Crippen LogP contribution in [0.15, 0.2) is 48.5 Å². The van der Waals surface area contributed by atoms with E-state index in [-0.39, 0.29) is 11.7 Å². The fraction of sp³-hybridized carbons (Fsp3) is 0.381. The zero-order valence-corrected chi connectivity index (χ0v) is 14.9. The van der Waals surface area contributed by atoms with E-state index in [0.29, 0.717) is 30.7 Å². The van der Waals surface area contributed by atoms with Crippen LogP contribution in [0, 0.1) is 11.6 Å². The lowest BCUT2D eigenvalue weighted by molar-refractivity contribution is -0.139. The van der Waals surface area contributed by atoms with Gasteiger partial charge >= 0.3 is 0 Å². The van der Waals surface area contributed by atoms with Crippen LogP contribution in [0.3, 0.4) is 0 Å². The molecule has 2 aliphatic heterocycles. The number of halogens is 2. The molecular formula is C21H22F2N2O2. The van der Waals surface area contributed by atoms with Crippen molar-refractivity contribution in [2.45, 2.75) is 37.5 Å². The molecule has 2 heterocycles. The quantitative estimate of drug-likeness (QED) is 0.894. The van der Waals surface area contributed by atoms with Crippen molar-refractivity contribution in [1.29, 1.82) is 0 Å². The Morgan fingerprint density at radius 1 is 1.04 bits per heavy atom. The summed E-state index contributed by atoms with van der Waals surface area (Å²) >= 11 is 0. The predicted octanol–water partition coefficient (Wildman–Crippen LogP) is 3.44. The van der Waals surface area contributed by atoms with Gasteiger partial charge in [0.1, 0.15) is 5.75 Å². The molecular weight excluding hydrogens is 350 g/mol. The molecule has 3 atom stereocenters. The summed E-state index contributed by atoms with van der Waals surface area (Å²) in [6.45, 7) is 1.30. The van der Waals surface area contributed by atoms with E-state index in [9.17, 15) is 13.6 Å². The van der Waals surface area contributed by atoms with Crippen LogP contribution < -0.4 is 10.1 Å². The van der Waals surface area contributed by atoms with E-state index in [1.807, 2.05) is 35.2 Å². The van der Waals surface area contributed by atoms with E-state index in [0.717, 1.165) is 31.4 Å². The zero-order chi connectivity index (χ0) is 18.8. The van der Waals surface area contributed by atoms with Gasteiger partial charge in [0, 0.05) is 36.8 Å². The van der Waals surface area contributed by atoms with E-state index in [2.05, 4.69) is 5.32 Å². The first-order valence-electron chi connectivity index (χ1n) is 9.31. The van der Waals surface area contributed by atoms with Crippen LogP contribution in [-0.4, -0.2) is 36.0 Å². The number of hydrogen-bond acceptors (Lipinski definition) is 3. The van der Waals surface area contributed by atoms with Crippen LogP contribution in [0.5, 0.6) is 5.75 Å². The number of ether oxygens (including phenoxy) is 1. The monoisotopic (exact) mass is 372 g/mol. The van der Waals surface area contributed by atoms with Gasteiger partial charge in [0.25, 0.3) is 5.91 Å². The van der Waals surface area contributed by atoms with Gasteiger partial charge in [0.15, 0.2) is 11.6 Å². The van der Waals surface area contributed by atoms with Crippen LogP contribution in [0.4, 0.5) is 8.78 Å². The number of benzene rings is 2. The average molecular weight is 372 g/mol. The van der Waals surface area contributed by atoms with Crippen molar-refractivity contribution in [3.05, 3.63) is 65.7 Å². The Morgan fingerprint density at radius 2 is 1.81 bits per heavy atom. The first-order chi connectivity index (χ1) is 13.1. The predicted molar refractivity (Wildman–Crippen MR) is 97.3 cm³/mol.